The van der Waals surface area contributed by atoms with Gasteiger partial charge in [-0.15, -0.1) is 0 Å². The molecule has 150 valence electrons. The van der Waals surface area contributed by atoms with Gasteiger partial charge in [-0.1, -0.05) is 6.07 Å². The van der Waals surface area contributed by atoms with Crippen LogP contribution in [-0.2, 0) is 4.74 Å². The third-order valence-electron chi connectivity index (χ3n) is 4.83. The monoisotopic (exact) mass is 396 g/mol. The van der Waals surface area contributed by atoms with Gasteiger partial charge < -0.3 is 26.8 Å². The number of carbonyl (C=O) groups is 1. The van der Waals surface area contributed by atoms with Gasteiger partial charge >= 0.3 is 0 Å². The number of halogens is 1. The normalized spacial score (nSPS) is 19.1. The van der Waals surface area contributed by atoms with E-state index >= 15 is 0 Å². The maximum Gasteiger partial charge on any atom is 0.252 e. The molecule has 1 amide bonds. The number of benzene rings is 1. The van der Waals surface area contributed by atoms with Crippen molar-refractivity contribution in [3.63, 3.8) is 0 Å². The molecule has 1 aliphatic heterocycles. The van der Waals surface area contributed by atoms with E-state index in [0.717, 1.165) is 17.0 Å². The van der Waals surface area contributed by atoms with Crippen LogP contribution in [0.25, 0.3) is 10.9 Å². The number of nitrogens with one attached hydrogen (secondary N) is 2. The molecule has 0 aliphatic carbocycles. The number of nitrogens with zero attached hydrogens (tertiary/aromatic N) is 2. The molecule has 8 nitrogen and oxygen atoms in total. The largest absolute Gasteiger partial charge is 0.380 e. The van der Waals surface area contributed by atoms with Gasteiger partial charge in [0.05, 0.1) is 17.7 Å². The molecule has 0 bridgehead atoms. The van der Waals surface area contributed by atoms with Crippen molar-refractivity contribution in [2.45, 2.75) is 18.5 Å². The molecule has 1 aromatic carbocycles. The number of aromatic nitrogens is 2. The Morgan fingerprint density at radius 3 is 2.90 bits per heavy atom. The van der Waals surface area contributed by atoms with E-state index in [1.54, 1.807) is 12.3 Å². The van der Waals surface area contributed by atoms with E-state index in [0.29, 0.717) is 25.3 Å². The topological polar surface area (TPSA) is 128 Å². The zero-order valence-corrected chi connectivity index (χ0v) is 15.6. The summed E-state index contributed by atoms with van der Waals surface area (Å²) in [5, 5.41) is 7.00. The highest BCUT2D eigenvalue weighted by molar-refractivity contribution is 5.99. The third kappa shape index (κ3) is 4.10. The minimum Gasteiger partial charge on any atom is -0.380 e. The number of rotatable bonds is 5. The number of hydrogen-bond acceptors (Lipinski definition) is 7. The highest BCUT2D eigenvalue weighted by atomic mass is 19.1. The van der Waals surface area contributed by atoms with E-state index in [1.165, 1.54) is 0 Å². The molecular weight excluding hydrogens is 375 g/mol. The second kappa shape index (κ2) is 7.98. The first kappa shape index (κ1) is 19.0. The number of fused-ring (bicyclic) bond motifs is 1. The Labute approximate surface area is 166 Å². The molecule has 0 unspecified atom stereocenters. The van der Waals surface area contributed by atoms with Crippen LogP contribution in [-0.4, -0.2) is 41.2 Å². The lowest BCUT2D eigenvalue weighted by molar-refractivity contribution is 0.0751. The van der Waals surface area contributed by atoms with Crippen LogP contribution in [0, 0.1) is 5.82 Å². The lowest BCUT2D eigenvalue weighted by Crippen LogP contribution is -2.47. The molecule has 3 heterocycles. The fourth-order valence-corrected chi connectivity index (χ4v) is 3.28. The molecule has 6 N–H and O–H groups in total. The van der Waals surface area contributed by atoms with Crippen LogP contribution in [0.2, 0.25) is 0 Å². The van der Waals surface area contributed by atoms with Gasteiger partial charge in [0.2, 0.25) is 0 Å². The Morgan fingerprint density at radius 1 is 1.24 bits per heavy atom. The molecule has 2 atom stereocenters. The summed E-state index contributed by atoms with van der Waals surface area (Å²) < 4.78 is 19.9. The molecule has 29 heavy (non-hydrogen) atoms. The maximum absolute atomic E-state index is 14.6. The number of hydrogen-bond donors (Lipinski definition) is 4. The average Bonchev–Trinajstić information content (AvgIpc) is 2.71. The van der Waals surface area contributed by atoms with Crippen molar-refractivity contribution in [3.05, 3.63) is 54.0 Å². The van der Waals surface area contributed by atoms with Crippen LogP contribution in [0.3, 0.4) is 0 Å². The second-order valence-corrected chi connectivity index (χ2v) is 6.89. The fraction of sp³-hybridized carbons (Fsp3) is 0.250. The van der Waals surface area contributed by atoms with Gasteiger partial charge in [0.15, 0.2) is 11.6 Å². The summed E-state index contributed by atoms with van der Waals surface area (Å²) in [5.41, 5.74) is 12.9. The van der Waals surface area contributed by atoms with E-state index in [1.807, 2.05) is 24.3 Å². The summed E-state index contributed by atoms with van der Waals surface area (Å²) in [4.78, 5) is 20.4. The van der Waals surface area contributed by atoms with E-state index in [-0.39, 0.29) is 29.3 Å². The van der Waals surface area contributed by atoms with Crippen LogP contribution in [0.1, 0.15) is 16.8 Å². The average molecular weight is 396 g/mol. The van der Waals surface area contributed by atoms with Crippen molar-refractivity contribution in [2.24, 2.45) is 11.5 Å². The van der Waals surface area contributed by atoms with Crippen molar-refractivity contribution < 1.29 is 13.9 Å². The maximum atomic E-state index is 14.6. The van der Waals surface area contributed by atoms with Crippen LogP contribution in [0.4, 0.5) is 21.7 Å². The molecule has 1 saturated heterocycles. The summed E-state index contributed by atoms with van der Waals surface area (Å²) >= 11 is 0. The van der Waals surface area contributed by atoms with Crippen molar-refractivity contribution >= 4 is 34.1 Å². The second-order valence-electron chi connectivity index (χ2n) is 6.89. The Morgan fingerprint density at radius 2 is 2.10 bits per heavy atom. The Bertz CT molecular complexity index is 1060. The predicted molar refractivity (Wildman–Crippen MR) is 109 cm³/mol. The van der Waals surface area contributed by atoms with Crippen molar-refractivity contribution in [1.29, 1.82) is 0 Å². The van der Waals surface area contributed by atoms with E-state index in [4.69, 9.17) is 16.2 Å². The first-order valence-corrected chi connectivity index (χ1v) is 9.23. The van der Waals surface area contributed by atoms with Gasteiger partial charge in [0.1, 0.15) is 5.82 Å². The number of amides is 1. The lowest BCUT2D eigenvalue weighted by Gasteiger charge is -2.30. The minimum atomic E-state index is -0.782. The van der Waals surface area contributed by atoms with E-state index < -0.39 is 11.7 Å². The van der Waals surface area contributed by atoms with Crippen LogP contribution in [0.5, 0.6) is 0 Å². The number of primary amides is 1. The van der Waals surface area contributed by atoms with Crippen molar-refractivity contribution in [1.82, 2.24) is 9.97 Å². The Balaban J connectivity index is 1.67. The van der Waals surface area contributed by atoms with Crippen LogP contribution < -0.4 is 22.1 Å². The molecule has 1 aliphatic rings. The zero-order chi connectivity index (χ0) is 20.4. The first-order valence-electron chi connectivity index (χ1n) is 9.23. The van der Waals surface area contributed by atoms with Crippen LogP contribution in [0.15, 0.2) is 42.6 Å². The highest BCUT2D eigenvalue weighted by Gasteiger charge is 2.25. The minimum absolute atomic E-state index is 0.00214. The van der Waals surface area contributed by atoms with Gasteiger partial charge in [-0.3, -0.25) is 9.78 Å². The lowest BCUT2D eigenvalue weighted by atomic mass is 10.0. The van der Waals surface area contributed by atoms with Gasteiger partial charge in [-0.05, 0) is 36.8 Å². The highest BCUT2D eigenvalue weighted by Crippen LogP contribution is 2.26. The molecule has 0 saturated carbocycles. The summed E-state index contributed by atoms with van der Waals surface area (Å²) in [6.45, 7) is 0.914. The first-order chi connectivity index (χ1) is 14.0. The van der Waals surface area contributed by atoms with Gasteiger partial charge in [0, 0.05) is 36.0 Å². The van der Waals surface area contributed by atoms with Crippen LogP contribution >= 0.6 is 0 Å². The number of anilines is 3. The molecule has 1 fully saturated rings. The molecule has 0 radical (unpaired) electrons. The standard InChI is InChI=1S/C20H21FN6O2/c21-14-9-13(18(23)28)19(27-20(14)26-17-5-7-29-10-15(17)22)25-12-3-4-16-11(8-12)2-1-6-24-16/h1-4,6,8-9,15,17H,5,7,10,22H2,(H2,23,28)(H2,25,26,27)/t15-,17+/m0/s1. The number of carbonyl (C=O) groups excluding carboxylic acids is 1. The Hall–Kier alpha value is -3.30. The summed E-state index contributed by atoms with van der Waals surface area (Å²) in [6, 6.07) is 9.84. The van der Waals surface area contributed by atoms with Gasteiger partial charge in [-0.25, -0.2) is 9.37 Å². The molecule has 3 aromatic rings. The smallest absolute Gasteiger partial charge is 0.252 e. The number of pyridine rings is 2. The summed E-state index contributed by atoms with van der Waals surface area (Å²) in [7, 11) is 0. The molecule has 4 rings (SSSR count). The number of nitrogens with two attached hydrogens (primary N) is 2. The number of ether oxygens (including phenoxy) is 1. The summed E-state index contributed by atoms with van der Waals surface area (Å²) in [6.07, 6.45) is 2.33. The molecule has 2 aromatic heterocycles. The van der Waals surface area contributed by atoms with E-state index in [2.05, 4.69) is 20.6 Å². The molecule has 0 spiro atoms. The Kier molecular flexibility index (Phi) is 5.24. The fourth-order valence-electron chi connectivity index (χ4n) is 3.28. The third-order valence-corrected chi connectivity index (χ3v) is 4.83. The predicted octanol–water partition coefficient (Wildman–Crippen LogP) is 2.14. The summed E-state index contributed by atoms with van der Waals surface area (Å²) in [5.74, 6) is -1.30. The molecule has 9 heteroatoms. The van der Waals surface area contributed by atoms with Gasteiger partial charge in [-0.2, -0.15) is 0 Å². The zero-order valence-electron chi connectivity index (χ0n) is 15.6. The van der Waals surface area contributed by atoms with E-state index in [9.17, 15) is 9.18 Å². The molecular formula is C20H21FN6O2. The SMILES string of the molecule is NC(=O)c1cc(F)c(N[C@@H]2CCOC[C@@H]2N)nc1Nc1ccc2ncccc2c1. The quantitative estimate of drug-likeness (QED) is 0.520. The van der Waals surface area contributed by atoms with Crippen molar-refractivity contribution in [3.8, 4) is 0 Å². The van der Waals surface area contributed by atoms with Gasteiger partial charge in [0.25, 0.3) is 5.91 Å². The van der Waals surface area contributed by atoms with Crippen molar-refractivity contribution in [2.75, 3.05) is 23.8 Å².